The molecule has 0 bridgehead atoms. The van der Waals surface area contributed by atoms with Crippen molar-refractivity contribution in [2.24, 2.45) is 0 Å². The van der Waals surface area contributed by atoms with Crippen LogP contribution < -0.4 is 0 Å². The SMILES string of the molecule is CCc1ccc(C=Cc2ccc(C=Cc3ccc(C)cc3)cc2)cc1. The van der Waals surface area contributed by atoms with Crippen molar-refractivity contribution in [1.29, 1.82) is 0 Å². The van der Waals surface area contributed by atoms with Gasteiger partial charge in [0.2, 0.25) is 0 Å². The first-order valence-corrected chi connectivity index (χ1v) is 8.85. The summed E-state index contributed by atoms with van der Waals surface area (Å²) >= 11 is 0. The van der Waals surface area contributed by atoms with E-state index in [9.17, 15) is 0 Å². The Labute approximate surface area is 151 Å². The van der Waals surface area contributed by atoms with Gasteiger partial charge < -0.3 is 0 Å². The topological polar surface area (TPSA) is 0 Å². The number of rotatable bonds is 5. The largest absolute Gasteiger partial charge is 0.0613 e. The smallest absolute Gasteiger partial charge is 0.0256 e. The third-order valence-electron chi connectivity index (χ3n) is 4.34. The summed E-state index contributed by atoms with van der Waals surface area (Å²) in [5.41, 5.74) is 7.56. The summed E-state index contributed by atoms with van der Waals surface area (Å²) in [6.07, 6.45) is 9.72. The Bertz CT molecular complexity index is 845. The fourth-order valence-corrected chi connectivity index (χ4v) is 2.65. The van der Waals surface area contributed by atoms with Crippen LogP contribution in [0, 0.1) is 6.92 Å². The first kappa shape index (κ1) is 17.0. The molecule has 0 aliphatic rings. The zero-order chi connectivity index (χ0) is 17.5. The van der Waals surface area contributed by atoms with Crippen LogP contribution in [-0.2, 0) is 6.42 Å². The average molecular weight is 324 g/mol. The summed E-state index contributed by atoms with van der Waals surface area (Å²) in [5, 5.41) is 0. The fourth-order valence-electron chi connectivity index (χ4n) is 2.65. The summed E-state index contributed by atoms with van der Waals surface area (Å²) in [5.74, 6) is 0. The van der Waals surface area contributed by atoms with E-state index in [4.69, 9.17) is 0 Å². The maximum atomic E-state index is 2.19. The second-order valence-corrected chi connectivity index (χ2v) is 6.34. The van der Waals surface area contributed by atoms with Gasteiger partial charge in [0.1, 0.15) is 0 Å². The van der Waals surface area contributed by atoms with Crippen LogP contribution in [0.15, 0.2) is 72.8 Å². The zero-order valence-corrected chi connectivity index (χ0v) is 14.9. The molecule has 0 heteroatoms. The molecular weight excluding hydrogens is 300 g/mol. The standard InChI is InChI=1S/C25H24/c1-3-21-8-10-23(11-9-21)14-15-25-18-16-24(17-19-25)13-12-22-6-4-20(2)5-7-22/h4-19H,3H2,1-2H3. The molecule has 0 N–H and O–H groups in total. The third kappa shape index (κ3) is 5.06. The maximum absolute atomic E-state index is 2.19. The lowest BCUT2D eigenvalue weighted by molar-refractivity contribution is 1.14. The Kier molecular flexibility index (Phi) is 5.64. The van der Waals surface area contributed by atoms with Crippen molar-refractivity contribution < 1.29 is 0 Å². The molecule has 0 aliphatic carbocycles. The average Bonchev–Trinajstić information content (AvgIpc) is 2.67. The third-order valence-corrected chi connectivity index (χ3v) is 4.34. The molecule has 0 nitrogen and oxygen atoms in total. The van der Waals surface area contributed by atoms with Gasteiger partial charge in [0.15, 0.2) is 0 Å². The highest BCUT2D eigenvalue weighted by Gasteiger charge is 1.92. The first-order valence-electron chi connectivity index (χ1n) is 8.85. The van der Waals surface area contributed by atoms with Gasteiger partial charge in [-0.05, 0) is 41.2 Å². The quantitative estimate of drug-likeness (QED) is 0.448. The van der Waals surface area contributed by atoms with Gasteiger partial charge in [0.05, 0.1) is 0 Å². The molecular formula is C25H24. The minimum Gasteiger partial charge on any atom is -0.0613 e. The lowest BCUT2D eigenvalue weighted by Crippen LogP contribution is -1.79. The van der Waals surface area contributed by atoms with Crippen LogP contribution in [-0.4, -0.2) is 0 Å². The molecule has 3 aromatic rings. The van der Waals surface area contributed by atoms with E-state index in [1.54, 1.807) is 0 Å². The Morgan fingerprint density at radius 3 is 1.20 bits per heavy atom. The first-order chi connectivity index (χ1) is 12.2. The Morgan fingerprint density at radius 2 is 0.840 bits per heavy atom. The van der Waals surface area contributed by atoms with Crippen LogP contribution in [0.25, 0.3) is 24.3 Å². The van der Waals surface area contributed by atoms with E-state index in [1.807, 2.05) is 0 Å². The number of benzene rings is 3. The predicted octanol–water partition coefficient (Wildman–Crippen LogP) is 6.90. The Balaban J connectivity index is 1.65. The normalized spacial score (nSPS) is 11.4. The van der Waals surface area contributed by atoms with E-state index in [1.165, 1.54) is 33.4 Å². The summed E-state index contributed by atoms with van der Waals surface area (Å²) in [6.45, 7) is 4.29. The van der Waals surface area contributed by atoms with Gasteiger partial charge in [-0.15, -0.1) is 0 Å². The van der Waals surface area contributed by atoms with E-state index < -0.39 is 0 Å². The van der Waals surface area contributed by atoms with Gasteiger partial charge in [-0.25, -0.2) is 0 Å². The maximum Gasteiger partial charge on any atom is -0.0256 e. The van der Waals surface area contributed by atoms with E-state index >= 15 is 0 Å². The van der Waals surface area contributed by atoms with Crippen LogP contribution in [0.5, 0.6) is 0 Å². The summed E-state index contributed by atoms with van der Waals surface area (Å²) in [6, 6.07) is 25.9. The van der Waals surface area contributed by atoms with Crippen molar-refractivity contribution in [3.63, 3.8) is 0 Å². The molecule has 0 heterocycles. The highest BCUT2D eigenvalue weighted by atomic mass is 14.0. The predicted molar refractivity (Wildman–Crippen MR) is 111 cm³/mol. The number of aryl methyl sites for hydroxylation is 2. The number of hydrogen-bond acceptors (Lipinski definition) is 0. The minimum absolute atomic E-state index is 1.08. The molecule has 3 aromatic carbocycles. The Morgan fingerprint density at radius 1 is 0.520 bits per heavy atom. The monoisotopic (exact) mass is 324 g/mol. The van der Waals surface area contributed by atoms with E-state index in [-0.39, 0.29) is 0 Å². The zero-order valence-electron chi connectivity index (χ0n) is 14.9. The molecule has 124 valence electrons. The van der Waals surface area contributed by atoms with Crippen molar-refractivity contribution in [1.82, 2.24) is 0 Å². The minimum atomic E-state index is 1.08. The van der Waals surface area contributed by atoms with Gasteiger partial charge in [-0.2, -0.15) is 0 Å². The second-order valence-electron chi connectivity index (χ2n) is 6.34. The van der Waals surface area contributed by atoms with E-state index in [0.29, 0.717) is 0 Å². The molecule has 0 saturated heterocycles. The molecule has 3 rings (SSSR count). The molecule has 0 saturated carbocycles. The highest BCUT2D eigenvalue weighted by Crippen LogP contribution is 2.13. The van der Waals surface area contributed by atoms with Gasteiger partial charge in [-0.3, -0.25) is 0 Å². The van der Waals surface area contributed by atoms with Crippen molar-refractivity contribution in [2.45, 2.75) is 20.3 Å². The molecule has 0 aromatic heterocycles. The van der Waals surface area contributed by atoms with Gasteiger partial charge >= 0.3 is 0 Å². The molecule has 25 heavy (non-hydrogen) atoms. The lowest BCUT2D eigenvalue weighted by Gasteiger charge is -1.99. The molecule has 0 aliphatic heterocycles. The fraction of sp³-hybridized carbons (Fsp3) is 0.120. The second kappa shape index (κ2) is 8.30. The van der Waals surface area contributed by atoms with Crippen molar-refractivity contribution in [2.75, 3.05) is 0 Å². The highest BCUT2D eigenvalue weighted by molar-refractivity contribution is 5.73. The van der Waals surface area contributed by atoms with Gasteiger partial charge in [0.25, 0.3) is 0 Å². The van der Waals surface area contributed by atoms with Crippen molar-refractivity contribution >= 4 is 24.3 Å². The summed E-state index contributed by atoms with van der Waals surface area (Å²) in [7, 11) is 0. The van der Waals surface area contributed by atoms with Crippen molar-refractivity contribution in [3.05, 3.63) is 106 Å². The van der Waals surface area contributed by atoms with Gasteiger partial charge in [-0.1, -0.05) is 110 Å². The Hall–Kier alpha value is -2.86. The molecule has 0 amide bonds. The van der Waals surface area contributed by atoms with Crippen LogP contribution in [0.1, 0.15) is 40.3 Å². The van der Waals surface area contributed by atoms with E-state index in [2.05, 4.69) is 111 Å². The molecule has 0 spiro atoms. The molecule has 0 atom stereocenters. The van der Waals surface area contributed by atoms with Crippen LogP contribution in [0.3, 0.4) is 0 Å². The van der Waals surface area contributed by atoms with Crippen LogP contribution >= 0.6 is 0 Å². The van der Waals surface area contributed by atoms with Crippen LogP contribution in [0.4, 0.5) is 0 Å². The molecule has 0 fully saturated rings. The van der Waals surface area contributed by atoms with Gasteiger partial charge in [0, 0.05) is 0 Å². The molecule has 0 radical (unpaired) electrons. The van der Waals surface area contributed by atoms with Crippen molar-refractivity contribution in [3.8, 4) is 0 Å². The lowest BCUT2D eigenvalue weighted by atomic mass is 10.1. The van der Waals surface area contributed by atoms with Crippen LogP contribution in [0.2, 0.25) is 0 Å². The summed E-state index contributed by atoms with van der Waals surface area (Å²) < 4.78 is 0. The molecule has 0 unspecified atom stereocenters. The summed E-state index contributed by atoms with van der Waals surface area (Å²) in [4.78, 5) is 0. The number of hydrogen-bond donors (Lipinski definition) is 0. The van der Waals surface area contributed by atoms with E-state index in [0.717, 1.165) is 6.42 Å².